The largest absolute Gasteiger partial charge is 0.356 e. The molecule has 2 unspecified atom stereocenters. The highest BCUT2D eigenvalue weighted by Gasteiger charge is 2.18. The van der Waals surface area contributed by atoms with Crippen molar-refractivity contribution in [3.05, 3.63) is 35.4 Å². The van der Waals surface area contributed by atoms with Crippen molar-refractivity contribution in [2.45, 2.75) is 71.4 Å². The lowest BCUT2D eigenvalue weighted by molar-refractivity contribution is -0.122. The van der Waals surface area contributed by atoms with E-state index in [4.69, 9.17) is 0 Å². The molecule has 5 nitrogen and oxygen atoms in total. The highest BCUT2D eigenvalue weighted by atomic mass is 16.2. The van der Waals surface area contributed by atoms with Crippen molar-refractivity contribution in [2.75, 3.05) is 19.6 Å². The van der Waals surface area contributed by atoms with Gasteiger partial charge >= 0.3 is 0 Å². The van der Waals surface area contributed by atoms with Crippen LogP contribution in [-0.2, 0) is 9.59 Å². The molecule has 0 bridgehead atoms. The number of benzene rings is 1. The number of amides is 2. The Morgan fingerprint density at radius 1 is 1.19 bits per heavy atom. The molecule has 2 N–H and O–H groups in total. The lowest BCUT2D eigenvalue weighted by Gasteiger charge is -2.33. The molecule has 0 aliphatic carbocycles. The number of hydrogen-bond donors (Lipinski definition) is 2. The first-order valence-corrected chi connectivity index (χ1v) is 10.3. The fourth-order valence-electron chi connectivity index (χ4n) is 3.71. The maximum Gasteiger partial charge on any atom is 0.222 e. The van der Waals surface area contributed by atoms with E-state index in [1.54, 1.807) is 0 Å². The monoisotopic (exact) mass is 373 g/mol. The predicted octanol–water partition coefficient (Wildman–Crippen LogP) is 3.33. The van der Waals surface area contributed by atoms with Gasteiger partial charge in [0.25, 0.3) is 0 Å². The number of nitrogens with zero attached hydrogens (tertiary/aromatic N) is 1. The molecule has 1 fully saturated rings. The van der Waals surface area contributed by atoms with Crippen LogP contribution < -0.4 is 10.6 Å². The normalized spacial score (nSPS) is 18.7. The van der Waals surface area contributed by atoms with E-state index in [2.05, 4.69) is 22.5 Å². The third kappa shape index (κ3) is 7.71. The van der Waals surface area contributed by atoms with Crippen molar-refractivity contribution >= 4 is 11.8 Å². The van der Waals surface area contributed by atoms with Gasteiger partial charge < -0.3 is 15.5 Å². The second-order valence-electron chi connectivity index (χ2n) is 7.81. The molecule has 2 rings (SSSR count). The van der Waals surface area contributed by atoms with E-state index in [0.29, 0.717) is 12.6 Å². The Hall–Kier alpha value is -1.88. The Bertz CT molecular complexity index is 600. The van der Waals surface area contributed by atoms with Crippen LogP contribution in [0.2, 0.25) is 0 Å². The minimum atomic E-state index is -0.280. The SMILES string of the molecule is CC(=O)NC(CC(=O)NCCCCN1CCCCC1C)c1ccc(C)cc1. The first-order chi connectivity index (χ1) is 13.0. The van der Waals surface area contributed by atoms with Gasteiger partial charge in [-0.2, -0.15) is 0 Å². The molecule has 1 aromatic carbocycles. The molecule has 0 aromatic heterocycles. The first kappa shape index (κ1) is 21.4. The van der Waals surface area contributed by atoms with Gasteiger partial charge in [0.15, 0.2) is 0 Å². The van der Waals surface area contributed by atoms with Crippen LogP contribution in [0.5, 0.6) is 0 Å². The van der Waals surface area contributed by atoms with Gasteiger partial charge in [0.2, 0.25) is 11.8 Å². The van der Waals surface area contributed by atoms with Crippen LogP contribution in [0.1, 0.15) is 69.5 Å². The van der Waals surface area contributed by atoms with Gasteiger partial charge in [0, 0.05) is 19.5 Å². The quantitative estimate of drug-likeness (QED) is 0.653. The van der Waals surface area contributed by atoms with Crippen molar-refractivity contribution in [1.82, 2.24) is 15.5 Å². The zero-order valence-electron chi connectivity index (χ0n) is 17.1. The second kappa shape index (κ2) is 11.1. The maximum absolute atomic E-state index is 12.3. The summed E-state index contributed by atoms with van der Waals surface area (Å²) in [5, 5.41) is 5.90. The van der Waals surface area contributed by atoms with Gasteiger partial charge in [-0.25, -0.2) is 0 Å². The molecule has 1 aromatic rings. The molecule has 0 radical (unpaired) electrons. The number of likely N-dealkylation sites (tertiary alicyclic amines) is 1. The third-order valence-electron chi connectivity index (χ3n) is 5.38. The van der Waals surface area contributed by atoms with Gasteiger partial charge in [-0.3, -0.25) is 9.59 Å². The van der Waals surface area contributed by atoms with E-state index < -0.39 is 0 Å². The summed E-state index contributed by atoms with van der Waals surface area (Å²) in [6, 6.07) is 8.37. The molecular formula is C22H35N3O2. The smallest absolute Gasteiger partial charge is 0.222 e. The summed E-state index contributed by atoms with van der Waals surface area (Å²) in [4.78, 5) is 26.4. The number of rotatable bonds is 9. The van der Waals surface area contributed by atoms with Crippen LogP contribution in [0.3, 0.4) is 0 Å². The fourth-order valence-corrected chi connectivity index (χ4v) is 3.71. The number of carbonyl (C=O) groups is 2. The summed E-state index contributed by atoms with van der Waals surface area (Å²) in [5.41, 5.74) is 2.12. The molecule has 2 atom stereocenters. The van der Waals surface area contributed by atoms with Crippen LogP contribution in [0.4, 0.5) is 0 Å². The minimum Gasteiger partial charge on any atom is -0.356 e. The van der Waals surface area contributed by atoms with Crippen LogP contribution in [0, 0.1) is 6.92 Å². The second-order valence-corrected chi connectivity index (χ2v) is 7.81. The Balaban J connectivity index is 1.71. The number of unbranched alkanes of at least 4 members (excludes halogenated alkanes) is 1. The van der Waals surface area contributed by atoms with Crippen LogP contribution >= 0.6 is 0 Å². The van der Waals surface area contributed by atoms with Gasteiger partial charge in [0.05, 0.1) is 12.5 Å². The van der Waals surface area contributed by atoms with Crippen LogP contribution in [0.25, 0.3) is 0 Å². The Labute approximate surface area is 163 Å². The summed E-state index contributed by atoms with van der Waals surface area (Å²) >= 11 is 0. The molecule has 2 amide bonds. The molecule has 150 valence electrons. The average molecular weight is 374 g/mol. The lowest BCUT2D eigenvalue weighted by Crippen LogP contribution is -2.38. The molecule has 1 aliphatic rings. The Morgan fingerprint density at radius 2 is 1.93 bits per heavy atom. The van der Waals surface area contributed by atoms with Crippen molar-refractivity contribution in [1.29, 1.82) is 0 Å². The zero-order valence-corrected chi connectivity index (χ0v) is 17.1. The summed E-state index contributed by atoms with van der Waals surface area (Å²) in [6.07, 6.45) is 6.34. The Kier molecular flexibility index (Phi) is 8.79. The van der Waals surface area contributed by atoms with E-state index in [1.165, 1.54) is 32.7 Å². The number of piperidine rings is 1. The van der Waals surface area contributed by atoms with E-state index in [-0.39, 0.29) is 24.3 Å². The van der Waals surface area contributed by atoms with E-state index in [1.807, 2.05) is 31.2 Å². The highest BCUT2D eigenvalue weighted by molar-refractivity contribution is 5.79. The number of hydrogen-bond acceptors (Lipinski definition) is 3. The maximum atomic E-state index is 12.3. The standard InChI is InChI=1S/C22H35N3O2/c1-17-9-11-20(12-10-17)21(24-19(3)26)16-22(27)23-13-5-7-15-25-14-6-4-8-18(25)2/h9-12,18,21H,4-8,13-16H2,1-3H3,(H,23,27)(H,24,26). The topological polar surface area (TPSA) is 61.4 Å². The lowest BCUT2D eigenvalue weighted by atomic mass is 10.0. The van der Waals surface area contributed by atoms with Crippen molar-refractivity contribution in [3.8, 4) is 0 Å². The summed E-state index contributed by atoms with van der Waals surface area (Å²) < 4.78 is 0. The summed E-state index contributed by atoms with van der Waals surface area (Å²) in [5.74, 6) is -0.135. The molecule has 1 aliphatic heterocycles. The van der Waals surface area contributed by atoms with Gasteiger partial charge in [-0.05, 0) is 58.2 Å². The van der Waals surface area contributed by atoms with E-state index >= 15 is 0 Å². The van der Waals surface area contributed by atoms with Gasteiger partial charge in [-0.1, -0.05) is 36.2 Å². The molecule has 5 heteroatoms. The number of aryl methyl sites for hydroxylation is 1. The minimum absolute atomic E-state index is 0.0133. The number of carbonyl (C=O) groups excluding carboxylic acids is 2. The molecule has 27 heavy (non-hydrogen) atoms. The fraction of sp³-hybridized carbons (Fsp3) is 0.636. The van der Waals surface area contributed by atoms with Crippen molar-refractivity contribution in [2.24, 2.45) is 0 Å². The summed E-state index contributed by atoms with van der Waals surface area (Å²) in [6.45, 7) is 8.85. The predicted molar refractivity (Wildman–Crippen MR) is 109 cm³/mol. The van der Waals surface area contributed by atoms with Crippen LogP contribution in [-0.4, -0.2) is 42.4 Å². The van der Waals surface area contributed by atoms with Gasteiger partial charge in [0.1, 0.15) is 0 Å². The molecule has 0 spiro atoms. The third-order valence-corrected chi connectivity index (χ3v) is 5.38. The highest BCUT2D eigenvalue weighted by Crippen LogP contribution is 2.18. The van der Waals surface area contributed by atoms with Crippen molar-refractivity contribution < 1.29 is 9.59 Å². The molecule has 0 saturated carbocycles. The Morgan fingerprint density at radius 3 is 2.59 bits per heavy atom. The van der Waals surface area contributed by atoms with Crippen molar-refractivity contribution in [3.63, 3.8) is 0 Å². The molecule has 1 saturated heterocycles. The number of nitrogens with one attached hydrogen (secondary N) is 2. The van der Waals surface area contributed by atoms with Gasteiger partial charge in [-0.15, -0.1) is 0 Å². The zero-order chi connectivity index (χ0) is 19.6. The van der Waals surface area contributed by atoms with E-state index in [9.17, 15) is 9.59 Å². The average Bonchev–Trinajstić information content (AvgIpc) is 2.62. The first-order valence-electron chi connectivity index (χ1n) is 10.3. The van der Waals surface area contributed by atoms with E-state index in [0.717, 1.165) is 30.5 Å². The van der Waals surface area contributed by atoms with Crippen LogP contribution in [0.15, 0.2) is 24.3 Å². The molecule has 1 heterocycles. The summed E-state index contributed by atoms with van der Waals surface area (Å²) in [7, 11) is 0. The molecular weight excluding hydrogens is 338 g/mol.